The van der Waals surface area contributed by atoms with Gasteiger partial charge in [0.05, 0.1) is 0 Å². The van der Waals surface area contributed by atoms with E-state index in [0.29, 0.717) is 16.6 Å². The lowest BCUT2D eigenvalue weighted by Crippen LogP contribution is -1.94. The zero-order valence-electron chi connectivity index (χ0n) is 9.60. The van der Waals surface area contributed by atoms with Crippen molar-refractivity contribution in [1.82, 2.24) is 4.98 Å². The first-order valence-corrected chi connectivity index (χ1v) is 6.23. The molecule has 18 heavy (non-hydrogen) atoms. The van der Waals surface area contributed by atoms with Crippen LogP contribution < -0.4 is 14.8 Å². The zero-order chi connectivity index (χ0) is 12.5. The standard InChI is InChI=1S/C12H10N2O3S/c1-7(15)9-5-18-12(14-9)13-8-2-3-10-11(4-8)17-6-16-10/h2-5H,6H2,1H3,(H,13,14). The van der Waals surface area contributed by atoms with Crippen molar-refractivity contribution < 1.29 is 14.3 Å². The van der Waals surface area contributed by atoms with Crippen molar-refractivity contribution in [3.63, 3.8) is 0 Å². The molecular formula is C12H10N2O3S. The van der Waals surface area contributed by atoms with E-state index in [9.17, 15) is 4.79 Å². The molecule has 6 heteroatoms. The molecule has 0 atom stereocenters. The quantitative estimate of drug-likeness (QED) is 0.862. The summed E-state index contributed by atoms with van der Waals surface area (Å²) in [7, 11) is 0. The molecule has 0 unspecified atom stereocenters. The number of Topliss-reactive ketones (excluding diaryl/α,β-unsaturated/α-hetero) is 1. The summed E-state index contributed by atoms with van der Waals surface area (Å²) in [5, 5.41) is 5.54. The summed E-state index contributed by atoms with van der Waals surface area (Å²) in [6.07, 6.45) is 0. The molecule has 5 nitrogen and oxygen atoms in total. The van der Waals surface area contributed by atoms with E-state index in [2.05, 4.69) is 10.3 Å². The van der Waals surface area contributed by atoms with Crippen molar-refractivity contribution in [2.24, 2.45) is 0 Å². The van der Waals surface area contributed by atoms with Gasteiger partial charge < -0.3 is 14.8 Å². The average Bonchev–Trinajstić information content (AvgIpc) is 2.96. The molecule has 1 N–H and O–H groups in total. The molecule has 0 radical (unpaired) electrons. The minimum atomic E-state index is -0.0370. The Hall–Kier alpha value is -2.08. The van der Waals surface area contributed by atoms with Gasteiger partial charge in [-0.25, -0.2) is 4.98 Å². The topological polar surface area (TPSA) is 60.5 Å². The summed E-state index contributed by atoms with van der Waals surface area (Å²) in [5.41, 5.74) is 1.33. The number of benzene rings is 1. The highest BCUT2D eigenvalue weighted by molar-refractivity contribution is 7.14. The molecule has 0 amide bonds. The van der Waals surface area contributed by atoms with Crippen molar-refractivity contribution >= 4 is 27.9 Å². The van der Waals surface area contributed by atoms with Crippen LogP contribution in [0.4, 0.5) is 10.8 Å². The zero-order valence-corrected chi connectivity index (χ0v) is 10.4. The number of carbonyl (C=O) groups is 1. The minimum Gasteiger partial charge on any atom is -0.454 e. The molecule has 0 aliphatic carbocycles. The van der Waals surface area contributed by atoms with Gasteiger partial charge in [0.2, 0.25) is 6.79 Å². The summed E-state index contributed by atoms with van der Waals surface area (Å²) in [6.45, 7) is 1.75. The second-order valence-electron chi connectivity index (χ2n) is 3.79. The van der Waals surface area contributed by atoms with Gasteiger partial charge in [-0.2, -0.15) is 0 Å². The molecule has 1 aromatic carbocycles. The molecule has 2 heterocycles. The maximum Gasteiger partial charge on any atom is 0.231 e. The number of fused-ring (bicyclic) bond motifs is 1. The van der Waals surface area contributed by atoms with Crippen LogP contribution in [0.2, 0.25) is 0 Å². The van der Waals surface area contributed by atoms with Crippen molar-refractivity contribution in [2.75, 3.05) is 12.1 Å². The van der Waals surface area contributed by atoms with E-state index in [1.165, 1.54) is 18.3 Å². The van der Waals surface area contributed by atoms with E-state index < -0.39 is 0 Å². The SMILES string of the molecule is CC(=O)c1csc(Nc2ccc3c(c2)OCO3)n1. The number of thiazole rings is 1. The van der Waals surface area contributed by atoms with E-state index in [0.717, 1.165) is 11.4 Å². The number of rotatable bonds is 3. The van der Waals surface area contributed by atoms with Crippen molar-refractivity contribution in [3.8, 4) is 11.5 Å². The highest BCUT2D eigenvalue weighted by Gasteiger charge is 2.14. The Labute approximate surface area is 107 Å². The predicted octanol–water partition coefficient (Wildman–Crippen LogP) is 2.82. The first-order chi connectivity index (χ1) is 8.72. The lowest BCUT2D eigenvalue weighted by Gasteiger charge is -2.03. The second-order valence-corrected chi connectivity index (χ2v) is 4.65. The highest BCUT2D eigenvalue weighted by atomic mass is 32.1. The lowest BCUT2D eigenvalue weighted by atomic mass is 10.3. The van der Waals surface area contributed by atoms with Gasteiger partial charge in [0, 0.05) is 24.1 Å². The van der Waals surface area contributed by atoms with Crippen LogP contribution in [0.25, 0.3) is 0 Å². The van der Waals surface area contributed by atoms with Gasteiger partial charge in [0.1, 0.15) is 5.69 Å². The van der Waals surface area contributed by atoms with Crippen LogP contribution in [0.15, 0.2) is 23.6 Å². The fourth-order valence-electron chi connectivity index (χ4n) is 1.59. The van der Waals surface area contributed by atoms with Gasteiger partial charge in [-0.3, -0.25) is 4.79 Å². The van der Waals surface area contributed by atoms with E-state index >= 15 is 0 Å². The van der Waals surface area contributed by atoms with E-state index in [1.807, 2.05) is 18.2 Å². The molecule has 0 saturated heterocycles. The number of hydrogen-bond acceptors (Lipinski definition) is 6. The molecule has 1 aliphatic heterocycles. The number of ether oxygens (including phenoxy) is 2. The molecule has 1 aliphatic rings. The third-order valence-corrected chi connectivity index (χ3v) is 3.25. The van der Waals surface area contributed by atoms with Crippen LogP contribution in [0, 0.1) is 0 Å². The van der Waals surface area contributed by atoms with Gasteiger partial charge in [-0.15, -0.1) is 11.3 Å². The van der Waals surface area contributed by atoms with Crippen LogP contribution in [0.1, 0.15) is 17.4 Å². The normalized spacial score (nSPS) is 12.5. The van der Waals surface area contributed by atoms with Crippen LogP contribution >= 0.6 is 11.3 Å². The summed E-state index contributed by atoms with van der Waals surface area (Å²) in [6, 6.07) is 5.56. The van der Waals surface area contributed by atoms with E-state index in [-0.39, 0.29) is 12.6 Å². The number of anilines is 2. The molecular weight excluding hydrogens is 252 g/mol. The number of nitrogens with zero attached hydrogens (tertiary/aromatic N) is 1. The maximum absolute atomic E-state index is 11.1. The van der Waals surface area contributed by atoms with Gasteiger partial charge in [0.25, 0.3) is 0 Å². The Bertz CT molecular complexity index is 609. The number of ketones is 1. The van der Waals surface area contributed by atoms with Gasteiger partial charge in [0.15, 0.2) is 22.4 Å². The molecule has 0 bridgehead atoms. The number of aromatic nitrogens is 1. The molecule has 0 saturated carbocycles. The van der Waals surface area contributed by atoms with E-state index in [1.54, 1.807) is 5.38 Å². The number of nitrogens with one attached hydrogen (secondary N) is 1. The Morgan fingerprint density at radius 1 is 1.39 bits per heavy atom. The molecule has 2 aromatic rings. The minimum absolute atomic E-state index is 0.0370. The summed E-state index contributed by atoms with van der Waals surface area (Å²) >= 11 is 1.39. The number of hydrogen-bond donors (Lipinski definition) is 1. The Morgan fingerprint density at radius 3 is 3.00 bits per heavy atom. The Morgan fingerprint density at radius 2 is 2.22 bits per heavy atom. The lowest BCUT2D eigenvalue weighted by molar-refractivity contribution is 0.101. The Balaban J connectivity index is 1.81. The molecule has 3 rings (SSSR count). The van der Waals surface area contributed by atoms with Crippen LogP contribution in [0.5, 0.6) is 11.5 Å². The molecule has 1 aromatic heterocycles. The molecule has 92 valence electrons. The van der Waals surface area contributed by atoms with Gasteiger partial charge in [-0.05, 0) is 12.1 Å². The molecule has 0 fully saturated rings. The van der Waals surface area contributed by atoms with Gasteiger partial charge in [-0.1, -0.05) is 0 Å². The summed E-state index contributed by atoms with van der Waals surface area (Å²) in [4.78, 5) is 15.3. The first-order valence-electron chi connectivity index (χ1n) is 5.35. The smallest absolute Gasteiger partial charge is 0.231 e. The summed E-state index contributed by atoms with van der Waals surface area (Å²) < 4.78 is 10.5. The fourth-order valence-corrected chi connectivity index (χ4v) is 2.36. The van der Waals surface area contributed by atoms with E-state index in [4.69, 9.17) is 9.47 Å². The third kappa shape index (κ3) is 2.02. The predicted molar refractivity (Wildman–Crippen MR) is 68.0 cm³/mol. The molecule has 0 spiro atoms. The second kappa shape index (κ2) is 4.30. The fraction of sp³-hybridized carbons (Fsp3) is 0.167. The summed E-state index contributed by atoms with van der Waals surface area (Å²) in [5.74, 6) is 1.41. The Kier molecular flexibility index (Phi) is 2.64. The highest BCUT2D eigenvalue weighted by Crippen LogP contribution is 2.35. The van der Waals surface area contributed by atoms with Crippen molar-refractivity contribution in [1.29, 1.82) is 0 Å². The van der Waals surface area contributed by atoms with Crippen LogP contribution in [-0.4, -0.2) is 17.6 Å². The third-order valence-electron chi connectivity index (χ3n) is 2.49. The van der Waals surface area contributed by atoms with Crippen LogP contribution in [-0.2, 0) is 0 Å². The van der Waals surface area contributed by atoms with Gasteiger partial charge >= 0.3 is 0 Å². The largest absolute Gasteiger partial charge is 0.454 e. The average molecular weight is 262 g/mol. The maximum atomic E-state index is 11.1. The first kappa shape index (κ1) is 11.0. The monoisotopic (exact) mass is 262 g/mol. The van der Waals surface area contributed by atoms with Crippen LogP contribution in [0.3, 0.4) is 0 Å². The van der Waals surface area contributed by atoms with Crippen molar-refractivity contribution in [3.05, 3.63) is 29.3 Å². The van der Waals surface area contributed by atoms with Crippen molar-refractivity contribution in [2.45, 2.75) is 6.92 Å². The number of carbonyl (C=O) groups excluding carboxylic acids is 1.